The smallest absolute Gasteiger partial charge is 0.359 e. The maximum Gasteiger partial charge on any atom is 0.359 e. The molecule has 0 unspecified atom stereocenters. The minimum Gasteiger partial charge on any atom is -0.451 e. The lowest BCUT2D eigenvalue weighted by Gasteiger charge is -2.07. The number of aromatic amines is 1. The van der Waals surface area contributed by atoms with Gasteiger partial charge in [-0.25, -0.2) is 4.79 Å². The molecule has 0 fully saturated rings. The molecule has 0 aliphatic carbocycles. The van der Waals surface area contributed by atoms with Crippen molar-refractivity contribution in [2.45, 2.75) is 4.90 Å². The molecule has 2 aromatic carbocycles. The van der Waals surface area contributed by atoms with E-state index in [4.69, 9.17) is 4.74 Å². The first kappa shape index (κ1) is 16.1. The number of hydrogen-bond acceptors (Lipinski definition) is 5. The quantitative estimate of drug-likeness (QED) is 0.550. The zero-order chi connectivity index (χ0) is 16.9. The van der Waals surface area contributed by atoms with Gasteiger partial charge < -0.3 is 10.1 Å². The van der Waals surface area contributed by atoms with Crippen LogP contribution < -0.4 is 5.32 Å². The van der Waals surface area contributed by atoms with Crippen LogP contribution in [0.2, 0.25) is 0 Å². The van der Waals surface area contributed by atoms with Gasteiger partial charge in [-0.15, -0.1) is 11.8 Å². The number of thioether (sulfide) groups is 1. The Kier molecular flexibility index (Phi) is 4.81. The van der Waals surface area contributed by atoms with E-state index in [1.54, 1.807) is 30.0 Å². The zero-order valence-corrected chi connectivity index (χ0v) is 13.7. The fraction of sp³-hybridized carbons (Fsp3) is 0.118. The Morgan fingerprint density at radius 2 is 2.04 bits per heavy atom. The Hall–Kier alpha value is -2.80. The first-order valence-corrected chi connectivity index (χ1v) is 8.44. The van der Waals surface area contributed by atoms with Gasteiger partial charge in [-0.05, 0) is 30.5 Å². The van der Waals surface area contributed by atoms with Crippen LogP contribution in [0, 0.1) is 0 Å². The van der Waals surface area contributed by atoms with Gasteiger partial charge >= 0.3 is 5.97 Å². The number of ether oxygens (including phenoxy) is 1. The molecule has 3 aromatic rings. The van der Waals surface area contributed by atoms with Crippen molar-refractivity contribution in [1.82, 2.24) is 10.2 Å². The van der Waals surface area contributed by atoms with Crippen molar-refractivity contribution in [1.29, 1.82) is 0 Å². The zero-order valence-electron chi connectivity index (χ0n) is 12.9. The number of aromatic nitrogens is 2. The summed E-state index contributed by atoms with van der Waals surface area (Å²) in [6, 6.07) is 14.7. The Bertz CT molecular complexity index is 891. The maximum absolute atomic E-state index is 12.1. The lowest BCUT2D eigenvalue weighted by molar-refractivity contribution is -0.119. The van der Waals surface area contributed by atoms with E-state index in [-0.39, 0.29) is 12.3 Å². The number of carbonyl (C=O) groups is 2. The third-order valence-corrected chi connectivity index (χ3v) is 4.08. The molecule has 1 aromatic heterocycles. The van der Waals surface area contributed by atoms with Crippen LogP contribution in [-0.2, 0) is 9.53 Å². The molecule has 0 aliphatic rings. The monoisotopic (exact) mass is 341 g/mol. The Labute approximate surface area is 142 Å². The number of carbonyl (C=O) groups excluding carboxylic acids is 2. The topological polar surface area (TPSA) is 84.1 Å². The number of H-pyrrole nitrogens is 1. The van der Waals surface area contributed by atoms with Crippen LogP contribution in [0.5, 0.6) is 0 Å². The standard InChI is InChI=1S/C17H15N3O3S/c1-24-12-6-4-5-11(9-12)18-15(21)10-23-17(22)16-13-7-2-3-8-14(13)19-20-16/h2-9H,10H2,1H3,(H,18,21)(H,19,20). The lowest BCUT2D eigenvalue weighted by Crippen LogP contribution is -2.21. The summed E-state index contributed by atoms with van der Waals surface area (Å²) in [5, 5.41) is 10.1. The highest BCUT2D eigenvalue weighted by atomic mass is 32.2. The van der Waals surface area contributed by atoms with E-state index in [0.717, 1.165) is 10.4 Å². The van der Waals surface area contributed by atoms with Crippen molar-refractivity contribution in [2.75, 3.05) is 18.2 Å². The number of nitrogens with zero attached hydrogens (tertiary/aromatic N) is 1. The van der Waals surface area contributed by atoms with Crippen LogP contribution in [0.1, 0.15) is 10.5 Å². The Morgan fingerprint density at radius 3 is 2.88 bits per heavy atom. The van der Waals surface area contributed by atoms with Crippen molar-refractivity contribution >= 4 is 40.2 Å². The summed E-state index contributed by atoms with van der Waals surface area (Å²) in [4.78, 5) is 25.1. The number of nitrogens with one attached hydrogen (secondary N) is 2. The second kappa shape index (κ2) is 7.18. The number of para-hydroxylation sites is 1. The van der Waals surface area contributed by atoms with Gasteiger partial charge in [-0.2, -0.15) is 5.10 Å². The van der Waals surface area contributed by atoms with Gasteiger partial charge in [0.25, 0.3) is 5.91 Å². The predicted molar refractivity (Wildman–Crippen MR) is 93.2 cm³/mol. The summed E-state index contributed by atoms with van der Waals surface area (Å²) in [6.45, 7) is -0.372. The highest BCUT2D eigenvalue weighted by molar-refractivity contribution is 7.98. The molecule has 0 spiro atoms. The molecule has 0 atom stereocenters. The van der Waals surface area contributed by atoms with Crippen molar-refractivity contribution in [2.24, 2.45) is 0 Å². The number of amides is 1. The number of fused-ring (bicyclic) bond motifs is 1. The number of hydrogen-bond donors (Lipinski definition) is 2. The minimum atomic E-state index is -0.638. The van der Waals surface area contributed by atoms with Gasteiger partial charge in [-0.1, -0.05) is 24.3 Å². The molecule has 0 aliphatic heterocycles. The average Bonchev–Trinajstić information content (AvgIpc) is 3.04. The van der Waals surface area contributed by atoms with E-state index in [1.165, 1.54) is 0 Å². The second-order valence-electron chi connectivity index (χ2n) is 4.97. The molecule has 0 radical (unpaired) electrons. The summed E-state index contributed by atoms with van der Waals surface area (Å²) < 4.78 is 5.05. The largest absolute Gasteiger partial charge is 0.451 e. The first-order chi connectivity index (χ1) is 11.7. The Balaban J connectivity index is 1.60. The highest BCUT2D eigenvalue weighted by Gasteiger charge is 2.16. The summed E-state index contributed by atoms with van der Waals surface area (Å²) in [5.41, 5.74) is 1.57. The second-order valence-corrected chi connectivity index (χ2v) is 5.85. The van der Waals surface area contributed by atoms with Crippen LogP contribution in [0.3, 0.4) is 0 Å². The average molecular weight is 341 g/mol. The van der Waals surface area contributed by atoms with E-state index in [9.17, 15) is 9.59 Å². The molecule has 2 N–H and O–H groups in total. The molecule has 122 valence electrons. The van der Waals surface area contributed by atoms with Gasteiger partial charge in [0.2, 0.25) is 0 Å². The third-order valence-electron chi connectivity index (χ3n) is 3.35. The van der Waals surface area contributed by atoms with Gasteiger partial charge in [0.05, 0.1) is 5.52 Å². The normalized spacial score (nSPS) is 10.5. The molecular weight excluding hydrogens is 326 g/mol. The summed E-state index contributed by atoms with van der Waals surface area (Å²) >= 11 is 1.58. The Morgan fingerprint density at radius 1 is 1.21 bits per heavy atom. The molecule has 0 bridgehead atoms. The van der Waals surface area contributed by atoms with Crippen LogP contribution >= 0.6 is 11.8 Å². The summed E-state index contributed by atoms with van der Waals surface area (Å²) in [6.07, 6.45) is 1.96. The molecule has 1 heterocycles. The third kappa shape index (κ3) is 3.57. The van der Waals surface area contributed by atoms with Crippen LogP contribution in [0.15, 0.2) is 53.4 Å². The molecule has 7 heteroatoms. The minimum absolute atomic E-state index is 0.169. The fourth-order valence-corrected chi connectivity index (χ4v) is 2.68. The lowest BCUT2D eigenvalue weighted by atomic mass is 10.2. The van der Waals surface area contributed by atoms with Gasteiger partial charge in [0, 0.05) is 16.0 Å². The molecule has 24 heavy (non-hydrogen) atoms. The van der Waals surface area contributed by atoms with E-state index < -0.39 is 11.9 Å². The van der Waals surface area contributed by atoms with E-state index in [2.05, 4.69) is 15.5 Å². The van der Waals surface area contributed by atoms with Gasteiger partial charge in [-0.3, -0.25) is 9.89 Å². The summed E-state index contributed by atoms with van der Waals surface area (Å²) in [5.74, 6) is -1.04. The van der Waals surface area contributed by atoms with Crippen LogP contribution in [-0.4, -0.2) is 34.9 Å². The number of esters is 1. The number of rotatable bonds is 5. The van der Waals surface area contributed by atoms with E-state index >= 15 is 0 Å². The summed E-state index contributed by atoms with van der Waals surface area (Å²) in [7, 11) is 0. The van der Waals surface area contributed by atoms with Crippen LogP contribution in [0.4, 0.5) is 5.69 Å². The molecule has 6 nitrogen and oxygen atoms in total. The fourth-order valence-electron chi connectivity index (χ4n) is 2.22. The molecule has 1 amide bonds. The van der Waals surface area contributed by atoms with E-state index in [1.807, 2.05) is 36.6 Å². The predicted octanol–water partition coefficient (Wildman–Crippen LogP) is 3.08. The van der Waals surface area contributed by atoms with Crippen molar-refractivity contribution in [3.8, 4) is 0 Å². The maximum atomic E-state index is 12.1. The SMILES string of the molecule is CSc1cccc(NC(=O)COC(=O)c2n[nH]c3ccccc23)c1. The molecule has 0 saturated heterocycles. The van der Waals surface area contributed by atoms with Crippen molar-refractivity contribution in [3.63, 3.8) is 0 Å². The number of benzene rings is 2. The molecular formula is C17H15N3O3S. The highest BCUT2D eigenvalue weighted by Crippen LogP contribution is 2.19. The molecule has 0 saturated carbocycles. The molecule has 3 rings (SSSR count). The van der Waals surface area contributed by atoms with Crippen LogP contribution in [0.25, 0.3) is 10.9 Å². The van der Waals surface area contributed by atoms with Crippen molar-refractivity contribution < 1.29 is 14.3 Å². The van der Waals surface area contributed by atoms with E-state index in [0.29, 0.717) is 11.1 Å². The van der Waals surface area contributed by atoms with Gasteiger partial charge in [0.15, 0.2) is 12.3 Å². The number of anilines is 1. The van der Waals surface area contributed by atoms with Crippen molar-refractivity contribution in [3.05, 3.63) is 54.2 Å². The first-order valence-electron chi connectivity index (χ1n) is 7.21. The van der Waals surface area contributed by atoms with Gasteiger partial charge in [0.1, 0.15) is 0 Å².